The van der Waals surface area contributed by atoms with Gasteiger partial charge in [0, 0.05) is 18.7 Å². The molecule has 0 bridgehead atoms. The number of fused-ring (bicyclic) bond motifs is 1. The average Bonchev–Trinajstić information content (AvgIpc) is 2.46. The molecule has 0 unspecified atom stereocenters. The van der Waals surface area contributed by atoms with Crippen molar-refractivity contribution in [1.82, 2.24) is 4.90 Å². The van der Waals surface area contributed by atoms with Gasteiger partial charge in [0.1, 0.15) is 5.84 Å². The number of amidine groups is 1. The lowest BCUT2D eigenvalue weighted by Crippen LogP contribution is -2.45. The lowest BCUT2D eigenvalue weighted by atomic mass is 9.83. The zero-order valence-electron chi connectivity index (χ0n) is 13.9. The standard InChI is InChI=1S/C18H26N2O/c1-12-10-15-16(14(3)13(12)2)11-18(4,5)19-17(15)20-6-8-21-9-7-20/h10H,6-9,11H2,1-5H3. The minimum absolute atomic E-state index is 0.0207. The summed E-state index contributed by atoms with van der Waals surface area (Å²) in [6, 6.07) is 2.33. The highest BCUT2D eigenvalue weighted by Gasteiger charge is 2.31. The molecule has 0 amide bonds. The number of morpholine rings is 1. The van der Waals surface area contributed by atoms with Gasteiger partial charge < -0.3 is 9.64 Å². The fourth-order valence-corrected chi connectivity index (χ4v) is 3.40. The van der Waals surface area contributed by atoms with Crippen molar-refractivity contribution in [2.45, 2.75) is 46.6 Å². The topological polar surface area (TPSA) is 24.8 Å². The number of aliphatic imine (C=N–C) groups is 1. The number of hydrogen-bond donors (Lipinski definition) is 0. The molecular weight excluding hydrogens is 260 g/mol. The molecule has 2 aliphatic heterocycles. The van der Waals surface area contributed by atoms with Crippen molar-refractivity contribution >= 4 is 5.84 Å². The van der Waals surface area contributed by atoms with E-state index in [0.29, 0.717) is 0 Å². The zero-order valence-corrected chi connectivity index (χ0v) is 13.9. The Kier molecular flexibility index (Phi) is 3.56. The monoisotopic (exact) mass is 286 g/mol. The molecule has 0 saturated carbocycles. The van der Waals surface area contributed by atoms with E-state index < -0.39 is 0 Å². The molecule has 0 spiro atoms. The Bertz CT molecular complexity index is 596. The first-order valence-corrected chi connectivity index (χ1v) is 7.92. The van der Waals surface area contributed by atoms with Crippen molar-refractivity contribution < 1.29 is 4.74 Å². The third kappa shape index (κ3) is 2.59. The number of nitrogens with zero attached hydrogens (tertiary/aromatic N) is 2. The quantitative estimate of drug-likeness (QED) is 0.732. The van der Waals surface area contributed by atoms with Gasteiger partial charge in [-0.05, 0) is 69.4 Å². The number of rotatable bonds is 0. The van der Waals surface area contributed by atoms with Crippen LogP contribution in [0.5, 0.6) is 0 Å². The fourth-order valence-electron chi connectivity index (χ4n) is 3.40. The van der Waals surface area contributed by atoms with E-state index in [2.05, 4.69) is 45.6 Å². The first kappa shape index (κ1) is 14.6. The maximum atomic E-state index is 5.50. The van der Waals surface area contributed by atoms with Crippen molar-refractivity contribution in [3.63, 3.8) is 0 Å². The van der Waals surface area contributed by atoms with E-state index in [1.165, 1.54) is 33.7 Å². The van der Waals surface area contributed by atoms with Crippen LogP contribution in [0.2, 0.25) is 0 Å². The van der Waals surface area contributed by atoms with Crippen molar-refractivity contribution in [2.75, 3.05) is 26.3 Å². The molecule has 1 aromatic carbocycles. The summed E-state index contributed by atoms with van der Waals surface area (Å²) < 4.78 is 5.50. The first-order chi connectivity index (χ1) is 9.89. The number of benzene rings is 1. The Labute approximate surface area is 128 Å². The van der Waals surface area contributed by atoms with Crippen LogP contribution in [0.1, 0.15) is 41.7 Å². The Morgan fingerprint density at radius 2 is 1.76 bits per heavy atom. The molecule has 2 heterocycles. The summed E-state index contributed by atoms with van der Waals surface area (Å²) in [6.07, 6.45) is 1.03. The second kappa shape index (κ2) is 5.13. The van der Waals surface area contributed by atoms with E-state index in [9.17, 15) is 0 Å². The van der Waals surface area contributed by atoms with Crippen LogP contribution in [0, 0.1) is 20.8 Å². The van der Waals surface area contributed by atoms with E-state index in [1.54, 1.807) is 0 Å². The van der Waals surface area contributed by atoms with Gasteiger partial charge in [0.15, 0.2) is 0 Å². The van der Waals surface area contributed by atoms with Gasteiger partial charge in [0.25, 0.3) is 0 Å². The van der Waals surface area contributed by atoms with E-state index in [4.69, 9.17) is 9.73 Å². The molecule has 1 fully saturated rings. The van der Waals surface area contributed by atoms with Crippen LogP contribution in [-0.4, -0.2) is 42.6 Å². The summed E-state index contributed by atoms with van der Waals surface area (Å²) in [5.74, 6) is 1.18. The molecule has 114 valence electrons. The zero-order chi connectivity index (χ0) is 15.2. The molecule has 3 nitrogen and oxygen atoms in total. The largest absolute Gasteiger partial charge is 0.378 e. The predicted octanol–water partition coefficient (Wildman–Crippen LogP) is 3.03. The van der Waals surface area contributed by atoms with Crippen molar-refractivity contribution in [3.8, 4) is 0 Å². The van der Waals surface area contributed by atoms with Crippen molar-refractivity contribution in [2.24, 2.45) is 4.99 Å². The summed E-state index contributed by atoms with van der Waals surface area (Å²) in [4.78, 5) is 7.48. The normalized spacial score (nSPS) is 21.0. The van der Waals surface area contributed by atoms with Crippen LogP contribution in [-0.2, 0) is 11.2 Å². The minimum atomic E-state index is -0.0207. The first-order valence-electron chi connectivity index (χ1n) is 7.92. The second-order valence-corrected chi connectivity index (χ2v) is 6.99. The molecule has 21 heavy (non-hydrogen) atoms. The van der Waals surface area contributed by atoms with E-state index in [1.807, 2.05) is 0 Å². The molecule has 3 heteroatoms. The van der Waals surface area contributed by atoms with Gasteiger partial charge in [-0.2, -0.15) is 0 Å². The maximum Gasteiger partial charge on any atom is 0.131 e. The van der Waals surface area contributed by atoms with Crippen LogP contribution in [0.3, 0.4) is 0 Å². The molecule has 0 aliphatic carbocycles. The van der Waals surface area contributed by atoms with Gasteiger partial charge in [0.2, 0.25) is 0 Å². The molecule has 0 aromatic heterocycles. The van der Waals surface area contributed by atoms with Gasteiger partial charge >= 0.3 is 0 Å². The molecule has 0 N–H and O–H groups in total. The third-order valence-electron chi connectivity index (χ3n) is 4.86. The third-order valence-corrected chi connectivity index (χ3v) is 4.86. The highest BCUT2D eigenvalue weighted by atomic mass is 16.5. The lowest BCUT2D eigenvalue weighted by Gasteiger charge is -2.38. The molecule has 2 aliphatic rings. The fraction of sp³-hybridized carbons (Fsp3) is 0.611. The molecule has 1 aromatic rings. The number of hydrogen-bond acceptors (Lipinski definition) is 3. The number of aryl methyl sites for hydroxylation is 1. The SMILES string of the molecule is Cc1cc2c(c(C)c1C)CC(C)(C)N=C2N1CCOCC1. The van der Waals surface area contributed by atoms with Crippen LogP contribution < -0.4 is 0 Å². The van der Waals surface area contributed by atoms with Crippen molar-refractivity contribution in [1.29, 1.82) is 0 Å². The highest BCUT2D eigenvalue weighted by molar-refractivity contribution is 6.02. The maximum absolute atomic E-state index is 5.50. The molecule has 1 saturated heterocycles. The van der Waals surface area contributed by atoms with E-state index in [0.717, 1.165) is 32.7 Å². The van der Waals surface area contributed by atoms with E-state index >= 15 is 0 Å². The molecule has 0 atom stereocenters. The Hall–Kier alpha value is -1.35. The lowest BCUT2D eigenvalue weighted by molar-refractivity contribution is 0.0677. The predicted molar refractivity (Wildman–Crippen MR) is 87.4 cm³/mol. The molecular formula is C18H26N2O. The van der Waals surface area contributed by atoms with Crippen LogP contribution in [0.15, 0.2) is 11.1 Å². The Balaban J connectivity index is 2.13. The van der Waals surface area contributed by atoms with Crippen LogP contribution in [0.4, 0.5) is 0 Å². The van der Waals surface area contributed by atoms with Gasteiger partial charge in [-0.3, -0.25) is 4.99 Å². The summed E-state index contributed by atoms with van der Waals surface area (Å²) in [6.45, 7) is 14.7. The summed E-state index contributed by atoms with van der Waals surface area (Å²) in [5.41, 5.74) is 7.04. The number of ether oxygens (including phenoxy) is 1. The summed E-state index contributed by atoms with van der Waals surface area (Å²) in [5, 5.41) is 0. The Morgan fingerprint density at radius 1 is 1.10 bits per heavy atom. The van der Waals surface area contributed by atoms with Crippen molar-refractivity contribution in [3.05, 3.63) is 33.9 Å². The Morgan fingerprint density at radius 3 is 2.43 bits per heavy atom. The van der Waals surface area contributed by atoms with E-state index in [-0.39, 0.29) is 5.54 Å². The van der Waals surface area contributed by atoms with Gasteiger partial charge in [-0.1, -0.05) is 0 Å². The smallest absolute Gasteiger partial charge is 0.131 e. The average molecular weight is 286 g/mol. The van der Waals surface area contributed by atoms with Crippen LogP contribution >= 0.6 is 0 Å². The highest BCUT2D eigenvalue weighted by Crippen LogP contribution is 2.33. The van der Waals surface area contributed by atoms with Gasteiger partial charge in [-0.25, -0.2) is 0 Å². The van der Waals surface area contributed by atoms with Gasteiger partial charge in [-0.15, -0.1) is 0 Å². The summed E-state index contributed by atoms with van der Waals surface area (Å²) in [7, 11) is 0. The minimum Gasteiger partial charge on any atom is -0.378 e. The summed E-state index contributed by atoms with van der Waals surface area (Å²) >= 11 is 0. The van der Waals surface area contributed by atoms with Crippen LogP contribution in [0.25, 0.3) is 0 Å². The molecule has 0 radical (unpaired) electrons. The van der Waals surface area contributed by atoms with Gasteiger partial charge in [0.05, 0.1) is 18.8 Å². The second-order valence-electron chi connectivity index (χ2n) is 6.99. The molecule has 3 rings (SSSR count).